The van der Waals surface area contributed by atoms with Gasteiger partial charge in [-0.1, -0.05) is 19.8 Å². The molecule has 1 aromatic heterocycles. The largest absolute Gasteiger partial charge is 0.465 e. The Morgan fingerprint density at radius 3 is 2.35 bits per heavy atom. The molecule has 114 valence electrons. The van der Waals surface area contributed by atoms with Crippen molar-refractivity contribution in [2.45, 2.75) is 63.3 Å². The topological polar surface area (TPSA) is 50.5 Å². The van der Waals surface area contributed by atoms with Gasteiger partial charge < -0.3 is 4.42 Å². The van der Waals surface area contributed by atoms with Gasteiger partial charge in [0, 0.05) is 18.2 Å². The van der Waals surface area contributed by atoms with Gasteiger partial charge in [-0.3, -0.25) is 0 Å². The molecule has 1 fully saturated rings. The van der Waals surface area contributed by atoms with Crippen LogP contribution in [0.2, 0.25) is 0 Å². The fourth-order valence-electron chi connectivity index (χ4n) is 3.14. The van der Waals surface area contributed by atoms with E-state index in [0.29, 0.717) is 23.6 Å². The van der Waals surface area contributed by atoms with E-state index in [4.69, 9.17) is 16.0 Å². The van der Waals surface area contributed by atoms with E-state index in [1.165, 1.54) is 0 Å². The molecule has 0 saturated heterocycles. The van der Waals surface area contributed by atoms with Crippen LogP contribution in [0.25, 0.3) is 0 Å². The zero-order chi connectivity index (χ0) is 14.9. The van der Waals surface area contributed by atoms with Crippen LogP contribution < -0.4 is 0 Å². The van der Waals surface area contributed by atoms with E-state index in [0.717, 1.165) is 25.7 Å². The molecule has 2 rings (SSSR count). The van der Waals surface area contributed by atoms with Crippen molar-refractivity contribution in [3.8, 4) is 0 Å². The van der Waals surface area contributed by atoms with Crippen LogP contribution in [-0.2, 0) is 15.9 Å². The summed E-state index contributed by atoms with van der Waals surface area (Å²) in [4.78, 5) is 0.277. The Kier molecular flexibility index (Phi) is 4.82. The summed E-state index contributed by atoms with van der Waals surface area (Å²) in [5.74, 6) is 1.19. The number of hydrogen-bond donors (Lipinski definition) is 0. The number of rotatable bonds is 5. The molecule has 1 aliphatic rings. The fourth-order valence-corrected chi connectivity index (χ4v) is 5.65. The van der Waals surface area contributed by atoms with Crippen LogP contribution in [0, 0.1) is 13.8 Å². The number of furan rings is 1. The third-order valence-corrected chi connectivity index (χ3v) is 6.56. The summed E-state index contributed by atoms with van der Waals surface area (Å²) >= 11 is 5.92. The second kappa shape index (κ2) is 6.08. The van der Waals surface area contributed by atoms with Gasteiger partial charge in [0.15, 0.2) is 0 Å². The van der Waals surface area contributed by atoms with Crippen LogP contribution in [-0.4, -0.2) is 25.3 Å². The Hall–Kier alpha value is -0.520. The highest BCUT2D eigenvalue weighted by Crippen LogP contribution is 2.34. The molecule has 0 atom stereocenters. The minimum Gasteiger partial charge on any atom is -0.465 e. The van der Waals surface area contributed by atoms with Crippen molar-refractivity contribution in [1.29, 1.82) is 0 Å². The van der Waals surface area contributed by atoms with Gasteiger partial charge in [0.25, 0.3) is 0 Å². The van der Waals surface area contributed by atoms with Crippen molar-refractivity contribution in [2.24, 2.45) is 0 Å². The Morgan fingerprint density at radius 1 is 1.25 bits per heavy atom. The molecule has 4 nitrogen and oxygen atoms in total. The second-order valence-electron chi connectivity index (χ2n) is 5.30. The van der Waals surface area contributed by atoms with Gasteiger partial charge in [-0.2, -0.15) is 4.31 Å². The molecule has 0 aliphatic heterocycles. The molecular weight excluding hydrogens is 298 g/mol. The molecule has 0 unspecified atom stereocenters. The average Bonchev–Trinajstić information content (AvgIpc) is 2.97. The zero-order valence-electron chi connectivity index (χ0n) is 12.3. The maximum atomic E-state index is 13.0. The monoisotopic (exact) mass is 319 g/mol. The summed E-state index contributed by atoms with van der Waals surface area (Å²) in [6.07, 6.45) is 4.09. The van der Waals surface area contributed by atoms with Gasteiger partial charge in [-0.05, 0) is 26.7 Å². The summed E-state index contributed by atoms with van der Waals surface area (Å²) in [5.41, 5.74) is 0.598. The lowest BCUT2D eigenvalue weighted by molar-refractivity contribution is 0.334. The molecular formula is C14H22ClNO3S. The maximum Gasteiger partial charge on any atom is 0.247 e. The van der Waals surface area contributed by atoms with E-state index >= 15 is 0 Å². The van der Waals surface area contributed by atoms with Gasteiger partial charge in [-0.25, -0.2) is 8.42 Å². The molecule has 1 heterocycles. The quantitative estimate of drug-likeness (QED) is 0.779. The average molecular weight is 320 g/mol. The van der Waals surface area contributed by atoms with E-state index in [1.54, 1.807) is 18.2 Å². The normalized spacial score (nSPS) is 17.2. The van der Waals surface area contributed by atoms with Gasteiger partial charge >= 0.3 is 0 Å². The molecule has 0 amide bonds. The van der Waals surface area contributed by atoms with Crippen LogP contribution in [0.15, 0.2) is 9.31 Å². The van der Waals surface area contributed by atoms with Crippen LogP contribution in [0.5, 0.6) is 0 Å². The molecule has 0 spiro atoms. The van der Waals surface area contributed by atoms with E-state index < -0.39 is 10.0 Å². The molecule has 0 aromatic carbocycles. The summed E-state index contributed by atoms with van der Waals surface area (Å²) < 4.78 is 33.1. The second-order valence-corrected chi connectivity index (χ2v) is 7.40. The lowest BCUT2D eigenvalue weighted by Gasteiger charge is -2.26. The Balaban J connectivity index is 2.48. The molecule has 0 radical (unpaired) electrons. The van der Waals surface area contributed by atoms with Crippen LogP contribution in [0.3, 0.4) is 0 Å². The van der Waals surface area contributed by atoms with Gasteiger partial charge in [-0.15, -0.1) is 11.6 Å². The molecule has 0 N–H and O–H groups in total. The van der Waals surface area contributed by atoms with Crippen molar-refractivity contribution >= 4 is 21.6 Å². The molecule has 6 heteroatoms. The first kappa shape index (κ1) is 15.9. The van der Waals surface area contributed by atoms with E-state index in [-0.39, 0.29) is 16.8 Å². The number of sulfonamides is 1. The number of aryl methyl sites for hydroxylation is 2. The zero-order valence-corrected chi connectivity index (χ0v) is 13.9. The molecule has 0 bridgehead atoms. The highest BCUT2D eigenvalue weighted by molar-refractivity contribution is 7.89. The smallest absolute Gasteiger partial charge is 0.247 e. The lowest BCUT2D eigenvalue weighted by Crippen LogP contribution is -2.39. The summed E-state index contributed by atoms with van der Waals surface area (Å²) in [5, 5.41) is 0. The van der Waals surface area contributed by atoms with Gasteiger partial charge in [0.2, 0.25) is 10.0 Å². The van der Waals surface area contributed by atoms with Crippen molar-refractivity contribution in [2.75, 3.05) is 6.54 Å². The molecule has 1 aliphatic carbocycles. The van der Waals surface area contributed by atoms with E-state index in [2.05, 4.69) is 0 Å². The number of halogens is 1. The minimum absolute atomic E-state index is 0.114. The van der Waals surface area contributed by atoms with Gasteiger partial charge in [0.05, 0.1) is 5.88 Å². The van der Waals surface area contributed by atoms with Crippen LogP contribution in [0.1, 0.15) is 49.7 Å². The Morgan fingerprint density at radius 2 is 1.85 bits per heavy atom. The number of hydrogen-bond acceptors (Lipinski definition) is 3. The predicted octanol–water partition coefficient (Wildman–Crippen LogP) is 3.59. The summed E-state index contributed by atoms with van der Waals surface area (Å²) in [7, 11) is -3.53. The first-order valence-corrected chi connectivity index (χ1v) is 9.07. The fraction of sp³-hybridized carbons (Fsp3) is 0.714. The molecule has 1 saturated carbocycles. The van der Waals surface area contributed by atoms with Crippen molar-refractivity contribution < 1.29 is 12.8 Å². The third-order valence-electron chi connectivity index (χ3n) is 4.07. The minimum atomic E-state index is -3.53. The van der Waals surface area contributed by atoms with Crippen molar-refractivity contribution in [1.82, 2.24) is 4.31 Å². The summed E-state index contributed by atoms with van der Waals surface area (Å²) in [6, 6.07) is 0.114. The van der Waals surface area contributed by atoms with Crippen molar-refractivity contribution in [3.63, 3.8) is 0 Å². The van der Waals surface area contributed by atoms with Crippen LogP contribution >= 0.6 is 11.6 Å². The van der Waals surface area contributed by atoms with Gasteiger partial charge in [0.1, 0.15) is 16.4 Å². The standard InChI is InChI=1S/C14H22ClNO3S/c1-4-16(12-7-5-6-8-12)20(17,18)14-11(3)19-10(2)13(14)9-15/h12H,4-9H2,1-3H3. The third kappa shape index (κ3) is 2.63. The van der Waals surface area contributed by atoms with Crippen molar-refractivity contribution in [3.05, 3.63) is 17.1 Å². The number of alkyl halides is 1. The summed E-state index contributed by atoms with van der Waals surface area (Å²) in [6.45, 7) is 5.82. The SMILES string of the molecule is CCN(C1CCCC1)S(=O)(=O)c1c(C)oc(C)c1CCl. The molecule has 20 heavy (non-hydrogen) atoms. The highest BCUT2D eigenvalue weighted by Gasteiger charge is 2.36. The first-order chi connectivity index (χ1) is 9.43. The maximum absolute atomic E-state index is 13.0. The Bertz CT molecular complexity index is 573. The first-order valence-electron chi connectivity index (χ1n) is 7.10. The Labute approximate surface area is 126 Å². The van der Waals surface area contributed by atoms with Crippen LogP contribution in [0.4, 0.5) is 0 Å². The van der Waals surface area contributed by atoms with E-state index in [9.17, 15) is 8.42 Å². The number of nitrogens with zero attached hydrogens (tertiary/aromatic N) is 1. The molecule has 1 aromatic rings. The predicted molar refractivity (Wildman–Crippen MR) is 79.6 cm³/mol. The highest BCUT2D eigenvalue weighted by atomic mass is 35.5. The lowest BCUT2D eigenvalue weighted by atomic mass is 10.2. The van der Waals surface area contributed by atoms with E-state index in [1.807, 2.05) is 6.92 Å².